The van der Waals surface area contributed by atoms with E-state index in [-0.39, 0.29) is 11.8 Å². The number of nitrogens with one attached hydrogen (secondary N) is 1. The Morgan fingerprint density at radius 3 is 2.42 bits per heavy atom. The number of carbonyl (C=O) groups is 2. The Hall–Kier alpha value is -3.20. The van der Waals surface area contributed by atoms with Crippen molar-refractivity contribution in [1.29, 1.82) is 0 Å². The Bertz CT molecular complexity index is 995. The van der Waals surface area contributed by atoms with Crippen LogP contribution in [0.2, 0.25) is 0 Å². The van der Waals surface area contributed by atoms with Crippen molar-refractivity contribution in [3.05, 3.63) is 53.6 Å². The van der Waals surface area contributed by atoms with Gasteiger partial charge in [-0.15, -0.1) is 5.10 Å². The lowest BCUT2D eigenvalue weighted by Gasteiger charge is -2.20. The van der Waals surface area contributed by atoms with Crippen LogP contribution in [0.5, 0.6) is 17.2 Å². The number of hydrogen-bond donors (Lipinski definition) is 1. The predicted molar refractivity (Wildman–Crippen MR) is 119 cm³/mol. The minimum Gasteiger partial charge on any atom is -0.493 e. The topological polar surface area (TPSA) is 89.5 Å². The summed E-state index contributed by atoms with van der Waals surface area (Å²) in [7, 11) is 1.56. The van der Waals surface area contributed by atoms with Crippen molar-refractivity contribution >= 4 is 28.7 Å². The van der Waals surface area contributed by atoms with Crippen LogP contribution in [-0.4, -0.2) is 42.3 Å². The third-order valence-electron chi connectivity index (χ3n) is 4.41. The molecular formula is C22H25N3O5S. The van der Waals surface area contributed by atoms with Gasteiger partial charge < -0.3 is 19.5 Å². The van der Waals surface area contributed by atoms with Crippen molar-refractivity contribution in [3.8, 4) is 17.2 Å². The molecule has 1 heterocycles. The van der Waals surface area contributed by atoms with Gasteiger partial charge >= 0.3 is 0 Å². The van der Waals surface area contributed by atoms with Crippen LogP contribution in [0.4, 0.5) is 0 Å². The second-order valence-electron chi connectivity index (χ2n) is 6.79. The van der Waals surface area contributed by atoms with Gasteiger partial charge in [0.2, 0.25) is 11.8 Å². The molecule has 0 radical (unpaired) electrons. The minimum atomic E-state index is -0.410. The third-order valence-corrected chi connectivity index (χ3v) is 5.52. The lowest BCUT2D eigenvalue weighted by Crippen LogP contribution is -2.25. The molecule has 0 spiro atoms. The van der Waals surface area contributed by atoms with Gasteiger partial charge in [-0.05, 0) is 36.2 Å². The molecule has 0 bridgehead atoms. The van der Waals surface area contributed by atoms with E-state index in [1.807, 2.05) is 37.3 Å². The summed E-state index contributed by atoms with van der Waals surface area (Å²) in [6.45, 7) is 5.55. The summed E-state index contributed by atoms with van der Waals surface area (Å²) in [4.78, 5) is 23.4. The van der Waals surface area contributed by atoms with Gasteiger partial charge in [0.15, 0.2) is 16.7 Å². The van der Waals surface area contributed by atoms with E-state index in [2.05, 4.69) is 10.4 Å². The molecule has 0 aromatic heterocycles. The van der Waals surface area contributed by atoms with Gasteiger partial charge in [-0.25, -0.2) is 5.01 Å². The van der Waals surface area contributed by atoms with Gasteiger partial charge in [0, 0.05) is 13.8 Å². The Morgan fingerprint density at radius 2 is 1.77 bits per heavy atom. The molecule has 1 aliphatic heterocycles. The number of benzene rings is 2. The summed E-state index contributed by atoms with van der Waals surface area (Å²) in [5, 5.41) is 8.13. The van der Waals surface area contributed by atoms with Crippen LogP contribution >= 0.6 is 11.8 Å². The summed E-state index contributed by atoms with van der Waals surface area (Å²) >= 11 is 1.28. The van der Waals surface area contributed by atoms with Crippen LogP contribution in [0.15, 0.2) is 47.6 Å². The number of carbonyl (C=O) groups excluding carboxylic acids is 2. The molecule has 1 aliphatic rings. The lowest BCUT2D eigenvalue weighted by molar-refractivity contribution is -0.129. The number of methoxy groups -OCH3 is 1. The number of amides is 2. The molecule has 9 heteroatoms. The number of aryl methyl sites for hydroxylation is 1. The minimum absolute atomic E-state index is 0.231. The number of hydrazone groups is 1. The van der Waals surface area contributed by atoms with Crippen LogP contribution in [0, 0.1) is 6.92 Å². The normalized spacial score (nSPS) is 15.3. The van der Waals surface area contributed by atoms with Crippen molar-refractivity contribution in [2.24, 2.45) is 5.10 Å². The van der Waals surface area contributed by atoms with E-state index < -0.39 is 5.37 Å². The number of thioether (sulfide) groups is 1. The van der Waals surface area contributed by atoms with Gasteiger partial charge in [-0.2, -0.15) is 0 Å². The number of nitrogens with zero attached hydrogens (tertiary/aromatic N) is 2. The number of amidine groups is 1. The Kier molecular flexibility index (Phi) is 7.41. The van der Waals surface area contributed by atoms with Crippen molar-refractivity contribution in [2.75, 3.05) is 20.3 Å². The molecule has 1 unspecified atom stereocenters. The maximum atomic E-state index is 12.0. The summed E-state index contributed by atoms with van der Waals surface area (Å²) in [6.07, 6.45) is 0. The van der Waals surface area contributed by atoms with E-state index in [1.54, 1.807) is 19.2 Å². The third kappa shape index (κ3) is 5.69. The van der Waals surface area contributed by atoms with Crippen LogP contribution in [0.25, 0.3) is 0 Å². The number of para-hydroxylation sites is 1. The number of rotatable bonds is 7. The number of hydrogen-bond acceptors (Lipinski definition) is 7. The zero-order valence-electron chi connectivity index (χ0n) is 17.9. The van der Waals surface area contributed by atoms with E-state index in [0.29, 0.717) is 29.9 Å². The van der Waals surface area contributed by atoms with E-state index in [0.717, 1.165) is 16.9 Å². The maximum Gasteiger partial charge on any atom is 0.241 e. The van der Waals surface area contributed by atoms with Crippen LogP contribution in [-0.2, 0) is 9.59 Å². The molecule has 2 amide bonds. The zero-order valence-corrected chi connectivity index (χ0v) is 18.7. The summed E-state index contributed by atoms with van der Waals surface area (Å²) in [5.74, 6) is 1.45. The highest BCUT2D eigenvalue weighted by atomic mass is 32.2. The van der Waals surface area contributed by atoms with E-state index in [4.69, 9.17) is 14.2 Å². The first-order valence-electron chi connectivity index (χ1n) is 9.71. The molecule has 0 aliphatic carbocycles. The SMILES string of the molecule is COc1cc(C2SC(NC(C)=O)=NN2C(C)=O)ccc1OCCOc1ccccc1C. The monoisotopic (exact) mass is 443 g/mol. The lowest BCUT2D eigenvalue weighted by atomic mass is 10.2. The Balaban J connectivity index is 1.66. The van der Waals surface area contributed by atoms with Crippen LogP contribution < -0.4 is 19.5 Å². The van der Waals surface area contributed by atoms with E-state index in [9.17, 15) is 9.59 Å². The second-order valence-corrected chi connectivity index (χ2v) is 7.86. The van der Waals surface area contributed by atoms with Gasteiger partial charge in [-0.1, -0.05) is 36.0 Å². The van der Waals surface area contributed by atoms with Crippen molar-refractivity contribution in [2.45, 2.75) is 26.1 Å². The molecule has 0 fully saturated rings. The molecule has 2 aromatic carbocycles. The largest absolute Gasteiger partial charge is 0.493 e. The van der Waals surface area contributed by atoms with Gasteiger partial charge in [0.1, 0.15) is 24.3 Å². The first-order valence-corrected chi connectivity index (χ1v) is 10.6. The van der Waals surface area contributed by atoms with E-state index >= 15 is 0 Å². The molecular weight excluding hydrogens is 418 g/mol. The fraction of sp³-hybridized carbons (Fsp3) is 0.318. The predicted octanol–water partition coefficient (Wildman–Crippen LogP) is 3.46. The zero-order chi connectivity index (χ0) is 22.4. The second kappa shape index (κ2) is 10.2. The van der Waals surface area contributed by atoms with Gasteiger partial charge in [-0.3, -0.25) is 9.59 Å². The molecule has 0 saturated heterocycles. The van der Waals surface area contributed by atoms with Crippen molar-refractivity contribution in [1.82, 2.24) is 10.3 Å². The standard InChI is InChI=1S/C22H25N3O5S/c1-14-7-5-6-8-18(14)29-11-12-30-19-10-9-17(13-20(19)28-4)21-25(16(3)27)24-22(31-21)23-15(2)26/h5-10,13,21H,11-12H2,1-4H3,(H,23,24,26). The highest BCUT2D eigenvalue weighted by Crippen LogP contribution is 2.41. The first-order chi connectivity index (χ1) is 14.9. The Labute approximate surface area is 185 Å². The summed E-state index contributed by atoms with van der Waals surface area (Å²) < 4.78 is 17.1. The van der Waals surface area contributed by atoms with Crippen molar-refractivity contribution in [3.63, 3.8) is 0 Å². The molecule has 8 nitrogen and oxygen atoms in total. The summed E-state index contributed by atoms with van der Waals surface area (Å²) in [6, 6.07) is 13.2. The maximum absolute atomic E-state index is 12.0. The van der Waals surface area contributed by atoms with E-state index in [1.165, 1.54) is 30.6 Å². The fourth-order valence-corrected chi connectivity index (χ4v) is 4.09. The summed E-state index contributed by atoms with van der Waals surface area (Å²) in [5.41, 5.74) is 1.86. The number of ether oxygens (including phenoxy) is 3. The van der Waals surface area contributed by atoms with Gasteiger partial charge in [0.05, 0.1) is 7.11 Å². The van der Waals surface area contributed by atoms with Crippen LogP contribution in [0.1, 0.15) is 30.3 Å². The highest BCUT2D eigenvalue weighted by molar-refractivity contribution is 8.14. The van der Waals surface area contributed by atoms with Crippen LogP contribution in [0.3, 0.4) is 0 Å². The molecule has 0 saturated carbocycles. The molecule has 164 valence electrons. The fourth-order valence-electron chi connectivity index (χ4n) is 2.96. The smallest absolute Gasteiger partial charge is 0.241 e. The first kappa shape index (κ1) is 22.5. The Morgan fingerprint density at radius 1 is 1.06 bits per heavy atom. The highest BCUT2D eigenvalue weighted by Gasteiger charge is 2.32. The van der Waals surface area contributed by atoms with Gasteiger partial charge in [0.25, 0.3) is 0 Å². The molecule has 31 heavy (non-hydrogen) atoms. The van der Waals surface area contributed by atoms with Crippen molar-refractivity contribution < 1.29 is 23.8 Å². The molecule has 1 atom stereocenters. The molecule has 1 N–H and O–H groups in total. The quantitative estimate of drug-likeness (QED) is 0.659. The molecule has 2 aromatic rings. The average Bonchev–Trinajstić information content (AvgIpc) is 3.16. The average molecular weight is 444 g/mol. The molecule has 3 rings (SSSR count).